The zero-order valence-corrected chi connectivity index (χ0v) is 16.0. The van der Waals surface area contributed by atoms with Gasteiger partial charge in [0.05, 0.1) is 0 Å². The maximum absolute atomic E-state index is 11.9. The second-order valence-electron chi connectivity index (χ2n) is 7.06. The first-order chi connectivity index (χ1) is 11.8. The van der Waals surface area contributed by atoms with Gasteiger partial charge in [-0.1, -0.05) is 50.5 Å². The third kappa shape index (κ3) is 11.5. The van der Waals surface area contributed by atoms with Gasteiger partial charge in [-0.2, -0.15) is 0 Å². The summed E-state index contributed by atoms with van der Waals surface area (Å²) in [6, 6.07) is 0. The predicted octanol–water partition coefficient (Wildman–Crippen LogP) is 6.42. The van der Waals surface area contributed by atoms with Crippen molar-refractivity contribution >= 4 is 5.91 Å². The molecule has 1 amide bonds. The number of carbonyl (C=O) groups excluding carboxylic acids is 1. The lowest BCUT2D eigenvalue weighted by Gasteiger charge is -2.14. The molecule has 2 heteroatoms. The summed E-state index contributed by atoms with van der Waals surface area (Å²) >= 11 is 0. The highest BCUT2D eigenvalue weighted by atomic mass is 16.2. The van der Waals surface area contributed by atoms with Gasteiger partial charge in [0.25, 0.3) is 0 Å². The van der Waals surface area contributed by atoms with Crippen molar-refractivity contribution < 1.29 is 4.79 Å². The standard InChI is InChI=1S/C22H39NO/c1-2-3-4-5-6-7-8-9-10-11-12-13-14-15-16-19-22(24)23-20-17-18-21-23/h7-8,12-13H,2-6,9-11,14-21H2,1H3. The molecule has 0 aromatic rings. The van der Waals surface area contributed by atoms with Crippen molar-refractivity contribution in [2.45, 2.75) is 96.8 Å². The minimum Gasteiger partial charge on any atom is -0.343 e. The van der Waals surface area contributed by atoms with Crippen LogP contribution in [0.4, 0.5) is 0 Å². The molecule has 0 saturated carbocycles. The zero-order chi connectivity index (χ0) is 17.3. The Hall–Kier alpha value is -1.05. The van der Waals surface area contributed by atoms with Crippen LogP contribution in [0.15, 0.2) is 24.3 Å². The van der Waals surface area contributed by atoms with Crippen molar-refractivity contribution in [3.05, 3.63) is 24.3 Å². The van der Waals surface area contributed by atoms with E-state index in [1.165, 1.54) is 64.2 Å². The van der Waals surface area contributed by atoms with Crippen molar-refractivity contribution in [1.82, 2.24) is 4.90 Å². The van der Waals surface area contributed by atoms with E-state index < -0.39 is 0 Å². The largest absolute Gasteiger partial charge is 0.343 e. The van der Waals surface area contributed by atoms with Crippen LogP contribution in [0.2, 0.25) is 0 Å². The zero-order valence-electron chi connectivity index (χ0n) is 16.0. The Morgan fingerprint density at radius 1 is 0.750 bits per heavy atom. The van der Waals surface area contributed by atoms with Crippen LogP contribution < -0.4 is 0 Å². The fraction of sp³-hybridized carbons (Fsp3) is 0.773. The number of hydrogen-bond acceptors (Lipinski definition) is 1. The highest BCUT2D eigenvalue weighted by molar-refractivity contribution is 5.76. The Morgan fingerprint density at radius 2 is 1.29 bits per heavy atom. The number of amides is 1. The van der Waals surface area contributed by atoms with E-state index in [1.807, 2.05) is 4.90 Å². The fourth-order valence-electron chi connectivity index (χ4n) is 3.18. The molecule has 0 atom stereocenters. The van der Waals surface area contributed by atoms with E-state index in [1.54, 1.807) is 0 Å². The average Bonchev–Trinajstić information content (AvgIpc) is 3.13. The highest BCUT2D eigenvalue weighted by Gasteiger charge is 2.16. The van der Waals surface area contributed by atoms with Gasteiger partial charge in [-0.25, -0.2) is 0 Å². The molecule has 0 radical (unpaired) electrons. The van der Waals surface area contributed by atoms with Crippen molar-refractivity contribution in [2.24, 2.45) is 0 Å². The molecule has 1 heterocycles. The van der Waals surface area contributed by atoms with Gasteiger partial charge in [0.1, 0.15) is 0 Å². The van der Waals surface area contributed by atoms with Gasteiger partial charge in [-0.05, 0) is 64.2 Å². The number of likely N-dealkylation sites (tertiary alicyclic amines) is 1. The number of nitrogens with zero attached hydrogens (tertiary/aromatic N) is 1. The van der Waals surface area contributed by atoms with Gasteiger partial charge in [-0.15, -0.1) is 0 Å². The molecule has 1 rings (SSSR count). The predicted molar refractivity (Wildman–Crippen MR) is 105 cm³/mol. The normalized spacial score (nSPS) is 15.1. The maximum atomic E-state index is 11.9. The molecule has 2 nitrogen and oxygen atoms in total. The van der Waals surface area contributed by atoms with Crippen molar-refractivity contribution in [1.29, 1.82) is 0 Å². The van der Waals surface area contributed by atoms with Crippen LogP contribution in [0, 0.1) is 0 Å². The van der Waals surface area contributed by atoms with Crippen LogP contribution in [0.1, 0.15) is 96.8 Å². The lowest BCUT2D eigenvalue weighted by atomic mass is 10.1. The Balaban J connectivity index is 1.82. The molecule has 24 heavy (non-hydrogen) atoms. The fourth-order valence-corrected chi connectivity index (χ4v) is 3.18. The average molecular weight is 334 g/mol. The number of hydrogen-bond donors (Lipinski definition) is 0. The van der Waals surface area contributed by atoms with Gasteiger partial charge in [0.2, 0.25) is 5.91 Å². The van der Waals surface area contributed by atoms with Crippen molar-refractivity contribution in [3.63, 3.8) is 0 Å². The Bertz CT molecular complexity index is 353. The molecule has 1 fully saturated rings. The van der Waals surface area contributed by atoms with Gasteiger partial charge < -0.3 is 4.90 Å². The summed E-state index contributed by atoms with van der Waals surface area (Å²) in [5, 5.41) is 0. The summed E-state index contributed by atoms with van der Waals surface area (Å²) in [5.74, 6) is 0.373. The molecule has 0 aromatic carbocycles. The molecule has 0 bridgehead atoms. The molecule has 1 aliphatic heterocycles. The third-order valence-corrected chi connectivity index (χ3v) is 4.77. The van der Waals surface area contributed by atoms with Crippen molar-refractivity contribution in [3.8, 4) is 0 Å². The van der Waals surface area contributed by atoms with Gasteiger partial charge >= 0.3 is 0 Å². The van der Waals surface area contributed by atoms with Crippen LogP contribution in [0.5, 0.6) is 0 Å². The van der Waals surface area contributed by atoms with Crippen molar-refractivity contribution in [2.75, 3.05) is 13.1 Å². The number of carbonyl (C=O) groups is 1. The van der Waals surface area contributed by atoms with Gasteiger partial charge in [-0.3, -0.25) is 4.79 Å². The summed E-state index contributed by atoms with van der Waals surface area (Å²) in [6.07, 6.45) is 26.1. The molecule has 0 unspecified atom stereocenters. The van der Waals surface area contributed by atoms with E-state index in [4.69, 9.17) is 0 Å². The molecular formula is C22H39NO. The molecule has 138 valence electrons. The van der Waals surface area contributed by atoms with E-state index in [2.05, 4.69) is 31.2 Å². The second-order valence-corrected chi connectivity index (χ2v) is 7.06. The lowest BCUT2D eigenvalue weighted by Crippen LogP contribution is -2.27. The molecule has 0 N–H and O–H groups in total. The summed E-state index contributed by atoms with van der Waals surface area (Å²) in [6.45, 7) is 4.25. The first-order valence-electron chi connectivity index (χ1n) is 10.4. The van der Waals surface area contributed by atoms with Crippen LogP contribution in [-0.2, 0) is 4.79 Å². The monoisotopic (exact) mass is 333 g/mol. The number of unbranched alkanes of at least 4 members (excludes halogenated alkanes) is 8. The van der Waals surface area contributed by atoms with Crippen LogP contribution in [0.3, 0.4) is 0 Å². The van der Waals surface area contributed by atoms with Crippen LogP contribution in [0.25, 0.3) is 0 Å². The van der Waals surface area contributed by atoms with E-state index >= 15 is 0 Å². The van der Waals surface area contributed by atoms with Crippen LogP contribution in [-0.4, -0.2) is 23.9 Å². The molecule has 0 spiro atoms. The molecule has 1 aliphatic rings. The Labute approximate surface area is 150 Å². The highest BCUT2D eigenvalue weighted by Crippen LogP contribution is 2.11. The SMILES string of the molecule is CCCCCCC=CCCCC=CCCCCC(=O)N1CCCC1. The summed E-state index contributed by atoms with van der Waals surface area (Å²) in [4.78, 5) is 13.9. The minimum absolute atomic E-state index is 0.373. The molecule has 0 aliphatic carbocycles. The van der Waals surface area contributed by atoms with E-state index in [-0.39, 0.29) is 0 Å². The topological polar surface area (TPSA) is 20.3 Å². The first-order valence-corrected chi connectivity index (χ1v) is 10.4. The van der Waals surface area contributed by atoms with Gasteiger partial charge in [0.15, 0.2) is 0 Å². The van der Waals surface area contributed by atoms with Crippen LogP contribution >= 0.6 is 0 Å². The van der Waals surface area contributed by atoms with Gasteiger partial charge in [0, 0.05) is 19.5 Å². The smallest absolute Gasteiger partial charge is 0.222 e. The van der Waals surface area contributed by atoms with E-state index in [0.29, 0.717) is 5.91 Å². The summed E-state index contributed by atoms with van der Waals surface area (Å²) in [7, 11) is 0. The minimum atomic E-state index is 0.373. The maximum Gasteiger partial charge on any atom is 0.222 e. The number of rotatable bonds is 14. The first kappa shape index (κ1) is 21.0. The Kier molecular flexibility index (Phi) is 13.5. The van der Waals surface area contributed by atoms with E-state index in [0.717, 1.165) is 38.8 Å². The number of allylic oxidation sites excluding steroid dienone is 4. The molecule has 0 aromatic heterocycles. The third-order valence-electron chi connectivity index (χ3n) is 4.77. The quantitative estimate of drug-likeness (QED) is 0.265. The summed E-state index contributed by atoms with van der Waals surface area (Å²) < 4.78 is 0. The summed E-state index contributed by atoms with van der Waals surface area (Å²) in [5.41, 5.74) is 0. The lowest BCUT2D eigenvalue weighted by molar-refractivity contribution is -0.130. The molecular weight excluding hydrogens is 294 g/mol. The van der Waals surface area contributed by atoms with E-state index in [9.17, 15) is 4.79 Å². The Morgan fingerprint density at radius 3 is 1.88 bits per heavy atom. The second kappa shape index (κ2) is 15.5. The molecule has 1 saturated heterocycles.